The second-order valence-corrected chi connectivity index (χ2v) is 8.44. The van der Waals surface area contributed by atoms with Gasteiger partial charge in [0.15, 0.2) is 0 Å². The first kappa shape index (κ1) is 22.7. The third-order valence-corrected chi connectivity index (χ3v) is 4.93. The SMILES string of the molecule is COC(=O)c1ccc(N2CCN(C(C)C(=O)NC(=O)NC(C)(C)C)C(C)C2)cc1. The standard InChI is InChI=1S/C21H32N4O4/c1-14-13-24(17-9-7-16(8-10-17)19(27)29-6)11-12-25(14)15(2)18(26)22-20(28)23-21(3,4)5/h7-10,14-15H,11-13H2,1-6H3,(H2,22,23,26,28). The molecule has 2 unspecified atom stereocenters. The van der Waals surface area contributed by atoms with Crippen LogP contribution in [0.3, 0.4) is 0 Å². The number of nitrogens with one attached hydrogen (secondary N) is 2. The Kier molecular flexibility index (Phi) is 7.24. The molecule has 0 bridgehead atoms. The molecule has 160 valence electrons. The molecule has 1 aliphatic rings. The fraction of sp³-hybridized carbons (Fsp3) is 0.571. The van der Waals surface area contributed by atoms with Crippen LogP contribution < -0.4 is 15.5 Å². The van der Waals surface area contributed by atoms with Gasteiger partial charge in [-0.25, -0.2) is 9.59 Å². The van der Waals surface area contributed by atoms with Crippen LogP contribution in [-0.2, 0) is 9.53 Å². The van der Waals surface area contributed by atoms with Gasteiger partial charge in [-0.2, -0.15) is 0 Å². The molecule has 3 amide bonds. The van der Waals surface area contributed by atoms with Crippen LogP contribution in [0.2, 0.25) is 0 Å². The van der Waals surface area contributed by atoms with E-state index in [4.69, 9.17) is 4.74 Å². The van der Waals surface area contributed by atoms with Gasteiger partial charge >= 0.3 is 12.0 Å². The summed E-state index contributed by atoms with van der Waals surface area (Å²) in [5.41, 5.74) is 1.13. The number of hydrogen-bond acceptors (Lipinski definition) is 6. The monoisotopic (exact) mass is 404 g/mol. The Hall–Kier alpha value is -2.61. The van der Waals surface area contributed by atoms with Crippen LogP contribution in [0.4, 0.5) is 10.5 Å². The van der Waals surface area contributed by atoms with E-state index in [-0.39, 0.29) is 17.9 Å². The Balaban J connectivity index is 1.94. The first-order chi connectivity index (χ1) is 13.5. The zero-order valence-corrected chi connectivity index (χ0v) is 18.1. The molecule has 8 heteroatoms. The van der Waals surface area contributed by atoms with Gasteiger partial charge in [-0.1, -0.05) is 0 Å². The fourth-order valence-corrected chi connectivity index (χ4v) is 3.45. The normalized spacial score (nSPS) is 18.7. The second-order valence-electron chi connectivity index (χ2n) is 8.44. The van der Waals surface area contributed by atoms with Gasteiger partial charge in [-0.05, 0) is 58.9 Å². The molecule has 29 heavy (non-hydrogen) atoms. The molecule has 0 saturated carbocycles. The lowest BCUT2D eigenvalue weighted by Gasteiger charge is -2.43. The number of ether oxygens (including phenoxy) is 1. The maximum atomic E-state index is 12.5. The summed E-state index contributed by atoms with van der Waals surface area (Å²) in [5, 5.41) is 5.16. The molecular weight excluding hydrogens is 372 g/mol. The van der Waals surface area contributed by atoms with Crippen LogP contribution in [0.15, 0.2) is 24.3 Å². The summed E-state index contributed by atoms with van der Waals surface area (Å²) in [5.74, 6) is -0.667. The molecule has 1 heterocycles. The third kappa shape index (κ3) is 6.19. The zero-order valence-electron chi connectivity index (χ0n) is 18.1. The average Bonchev–Trinajstić information content (AvgIpc) is 2.65. The Morgan fingerprint density at radius 3 is 2.28 bits per heavy atom. The van der Waals surface area contributed by atoms with Gasteiger partial charge < -0.3 is 15.0 Å². The molecule has 0 aliphatic carbocycles. The molecule has 2 rings (SSSR count). The maximum Gasteiger partial charge on any atom is 0.337 e. The number of anilines is 1. The van der Waals surface area contributed by atoms with Crippen molar-refractivity contribution in [3.63, 3.8) is 0 Å². The maximum absolute atomic E-state index is 12.5. The van der Waals surface area contributed by atoms with Crippen molar-refractivity contribution in [2.24, 2.45) is 0 Å². The van der Waals surface area contributed by atoms with E-state index in [0.29, 0.717) is 12.1 Å². The Morgan fingerprint density at radius 1 is 1.14 bits per heavy atom. The van der Waals surface area contributed by atoms with Crippen molar-refractivity contribution in [3.05, 3.63) is 29.8 Å². The highest BCUT2D eigenvalue weighted by Crippen LogP contribution is 2.21. The van der Waals surface area contributed by atoms with Crippen LogP contribution in [0.25, 0.3) is 0 Å². The lowest BCUT2D eigenvalue weighted by molar-refractivity contribution is -0.125. The Bertz CT molecular complexity index is 742. The largest absolute Gasteiger partial charge is 0.465 e. The minimum atomic E-state index is -0.480. The number of carbonyl (C=O) groups excluding carboxylic acids is 3. The van der Waals surface area contributed by atoms with E-state index in [2.05, 4.69) is 27.4 Å². The number of nitrogens with zero attached hydrogens (tertiary/aromatic N) is 2. The van der Waals surface area contributed by atoms with Crippen molar-refractivity contribution in [1.82, 2.24) is 15.5 Å². The summed E-state index contributed by atoms with van der Waals surface area (Å²) < 4.78 is 4.73. The summed E-state index contributed by atoms with van der Waals surface area (Å²) in [6.07, 6.45) is 0. The Labute approximate surface area is 172 Å². The molecule has 8 nitrogen and oxygen atoms in total. The predicted octanol–water partition coefficient (Wildman–Crippen LogP) is 2.00. The quantitative estimate of drug-likeness (QED) is 0.746. The van der Waals surface area contributed by atoms with E-state index in [9.17, 15) is 14.4 Å². The number of amides is 3. The number of rotatable bonds is 4. The summed E-state index contributed by atoms with van der Waals surface area (Å²) in [4.78, 5) is 40.4. The first-order valence-corrected chi connectivity index (χ1v) is 9.84. The third-order valence-electron chi connectivity index (χ3n) is 4.93. The van der Waals surface area contributed by atoms with Gasteiger partial charge in [0.1, 0.15) is 0 Å². The molecule has 1 aliphatic heterocycles. The van der Waals surface area contributed by atoms with Gasteiger partial charge in [0.2, 0.25) is 5.91 Å². The summed E-state index contributed by atoms with van der Waals surface area (Å²) in [7, 11) is 1.36. The van der Waals surface area contributed by atoms with Gasteiger partial charge in [0, 0.05) is 36.9 Å². The number of esters is 1. The summed E-state index contributed by atoms with van der Waals surface area (Å²) in [6, 6.07) is 6.54. The van der Waals surface area contributed by atoms with Crippen molar-refractivity contribution in [2.75, 3.05) is 31.6 Å². The molecule has 0 radical (unpaired) electrons. The molecular formula is C21H32N4O4. The van der Waals surface area contributed by atoms with Crippen LogP contribution in [-0.4, -0.2) is 67.2 Å². The minimum absolute atomic E-state index is 0.121. The lowest BCUT2D eigenvalue weighted by Crippen LogP contribution is -2.59. The van der Waals surface area contributed by atoms with Crippen molar-refractivity contribution < 1.29 is 19.1 Å². The number of imide groups is 1. The minimum Gasteiger partial charge on any atom is -0.465 e. The molecule has 0 aromatic heterocycles. The highest BCUT2D eigenvalue weighted by molar-refractivity contribution is 5.97. The summed E-state index contributed by atoms with van der Waals surface area (Å²) in [6.45, 7) is 11.6. The number of benzene rings is 1. The molecule has 1 saturated heterocycles. The van der Waals surface area contributed by atoms with E-state index in [1.165, 1.54) is 7.11 Å². The van der Waals surface area contributed by atoms with Crippen LogP contribution in [0.1, 0.15) is 45.0 Å². The van der Waals surface area contributed by atoms with Crippen molar-refractivity contribution in [1.29, 1.82) is 0 Å². The number of piperazine rings is 1. The van der Waals surface area contributed by atoms with Crippen LogP contribution in [0.5, 0.6) is 0 Å². The predicted molar refractivity (Wildman–Crippen MR) is 112 cm³/mol. The van der Waals surface area contributed by atoms with Gasteiger partial charge in [0.05, 0.1) is 18.7 Å². The van der Waals surface area contributed by atoms with Crippen molar-refractivity contribution in [3.8, 4) is 0 Å². The average molecular weight is 405 g/mol. The molecule has 2 N–H and O–H groups in total. The highest BCUT2D eigenvalue weighted by Gasteiger charge is 2.31. The van der Waals surface area contributed by atoms with E-state index in [0.717, 1.165) is 18.8 Å². The molecule has 1 aromatic rings. The zero-order chi connectivity index (χ0) is 21.8. The van der Waals surface area contributed by atoms with Crippen molar-refractivity contribution >= 4 is 23.6 Å². The van der Waals surface area contributed by atoms with E-state index in [1.807, 2.05) is 39.8 Å². The molecule has 1 fully saturated rings. The van der Waals surface area contributed by atoms with Crippen molar-refractivity contribution in [2.45, 2.75) is 52.2 Å². The first-order valence-electron chi connectivity index (χ1n) is 9.84. The number of methoxy groups -OCH3 is 1. The topological polar surface area (TPSA) is 91.0 Å². The van der Waals surface area contributed by atoms with E-state index < -0.39 is 17.6 Å². The Morgan fingerprint density at radius 2 is 1.76 bits per heavy atom. The molecule has 1 aromatic carbocycles. The molecule has 0 spiro atoms. The molecule has 2 atom stereocenters. The van der Waals surface area contributed by atoms with Gasteiger partial charge in [0.25, 0.3) is 0 Å². The number of urea groups is 1. The highest BCUT2D eigenvalue weighted by atomic mass is 16.5. The van der Waals surface area contributed by atoms with Gasteiger partial charge in [-0.15, -0.1) is 0 Å². The lowest BCUT2D eigenvalue weighted by atomic mass is 10.1. The smallest absolute Gasteiger partial charge is 0.337 e. The van der Waals surface area contributed by atoms with Crippen LogP contribution >= 0.6 is 0 Å². The van der Waals surface area contributed by atoms with Gasteiger partial charge in [-0.3, -0.25) is 15.0 Å². The second kappa shape index (κ2) is 9.26. The number of carbonyl (C=O) groups is 3. The van der Waals surface area contributed by atoms with Crippen LogP contribution in [0, 0.1) is 0 Å². The summed E-state index contributed by atoms with van der Waals surface area (Å²) >= 11 is 0. The number of hydrogen-bond donors (Lipinski definition) is 2. The van der Waals surface area contributed by atoms with E-state index in [1.54, 1.807) is 12.1 Å². The fourth-order valence-electron chi connectivity index (χ4n) is 3.45. The van der Waals surface area contributed by atoms with E-state index >= 15 is 0 Å².